The smallest absolute Gasteiger partial charge is 0.382 e. The normalized spacial score (nSPS) is 16.3. The van der Waals surface area contributed by atoms with E-state index < -0.39 is 11.7 Å². The highest BCUT2D eigenvalue weighted by atomic mass is 19.4. The van der Waals surface area contributed by atoms with Gasteiger partial charge in [0.25, 0.3) is 0 Å². The fourth-order valence-electron chi connectivity index (χ4n) is 3.48. The van der Waals surface area contributed by atoms with E-state index in [2.05, 4.69) is 34.1 Å². The first-order chi connectivity index (χ1) is 13.3. The number of allylic oxidation sites excluding steroid dienone is 1. The monoisotopic (exact) mass is 392 g/mol. The molecule has 1 saturated heterocycles. The molecule has 152 valence electrons. The van der Waals surface area contributed by atoms with Gasteiger partial charge in [0.2, 0.25) is 0 Å². The zero-order valence-electron chi connectivity index (χ0n) is 16.4. The lowest BCUT2D eigenvalue weighted by atomic mass is 10.0. The van der Waals surface area contributed by atoms with Gasteiger partial charge >= 0.3 is 6.18 Å². The van der Waals surface area contributed by atoms with E-state index in [1.54, 1.807) is 12.1 Å². The Morgan fingerprint density at radius 2 is 1.96 bits per heavy atom. The van der Waals surface area contributed by atoms with Gasteiger partial charge in [-0.15, -0.1) is 0 Å². The van der Waals surface area contributed by atoms with Gasteiger partial charge in [0.05, 0.1) is 11.3 Å². The maximum atomic E-state index is 13.4. The molecule has 0 bridgehead atoms. The largest absolute Gasteiger partial charge is 0.417 e. The lowest BCUT2D eigenvalue weighted by Crippen LogP contribution is -2.36. The molecule has 1 fully saturated rings. The Balaban J connectivity index is 2.04. The molecular weight excluding hydrogens is 365 g/mol. The van der Waals surface area contributed by atoms with Crippen LogP contribution in [-0.2, 0) is 0 Å². The van der Waals surface area contributed by atoms with E-state index in [1.165, 1.54) is 0 Å². The second-order valence-corrected chi connectivity index (χ2v) is 7.38. The van der Waals surface area contributed by atoms with Crippen molar-refractivity contribution in [1.29, 1.82) is 0 Å². The second kappa shape index (κ2) is 8.39. The number of fused-ring (bicyclic) bond motifs is 1. The minimum Gasteiger partial charge on any atom is -0.382 e. The van der Waals surface area contributed by atoms with Gasteiger partial charge < -0.3 is 15.5 Å². The molecule has 7 heteroatoms. The van der Waals surface area contributed by atoms with E-state index in [9.17, 15) is 13.2 Å². The maximum Gasteiger partial charge on any atom is 0.417 e. The maximum absolute atomic E-state index is 13.4. The fraction of sp³-hybridized carbons (Fsp3) is 0.476. The molecule has 1 aromatic carbocycles. The van der Waals surface area contributed by atoms with Crippen LogP contribution in [0.3, 0.4) is 0 Å². The van der Waals surface area contributed by atoms with Crippen LogP contribution in [-0.4, -0.2) is 48.8 Å². The summed E-state index contributed by atoms with van der Waals surface area (Å²) in [5.74, 6) is 0.437. The Morgan fingerprint density at radius 3 is 2.61 bits per heavy atom. The number of hydrogen-bond acceptors (Lipinski definition) is 4. The predicted molar refractivity (Wildman–Crippen MR) is 110 cm³/mol. The third-order valence-corrected chi connectivity index (χ3v) is 5.14. The Hall–Kier alpha value is -2.28. The van der Waals surface area contributed by atoms with E-state index >= 15 is 0 Å². The van der Waals surface area contributed by atoms with Crippen LogP contribution in [0.1, 0.15) is 31.9 Å². The van der Waals surface area contributed by atoms with Gasteiger partial charge in [-0.2, -0.15) is 13.2 Å². The summed E-state index contributed by atoms with van der Waals surface area (Å²) in [7, 11) is 2.10. The molecule has 2 aromatic rings. The summed E-state index contributed by atoms with van der Waals surface area (Å²) >= 11 is 0. The summed E-state index contributed by atoms with van der Waals surface area (Å²) in [4.78, 5) is 6.52. The van der Waals surface area contributed by atoms with Gasteiger partial charge in [0.1, 0.15) is 5.82 Å². The van der Waals surface area contributed by atoms with Crippen LogP contribution in [0.25, 0.3) is 16.3 Å². The van der Waals surface area contributed by atoms with E-state index in [-0.39, 0.29) is 5.69 Å². The molecule has 1 aromatic heterocycles. The molecule has 28 heavy (non-hydrogen) atoms. The van der Waals surface area contributed by atoms with Crippen molar-refractivity contribution in [1.82, 2.24) is 9.88 Å². The topological polar surface area (TPSA) is 40.2 Å². The van der Waals surface area contributed by atoms with Crippen molar-refractivity contribution in [3.05, 3.63) is 36.5 Å². The number of nitrogens with zero attached hydrogens (tertiary/aromatic N) is 2. The van der Waals surface area contributed by atoms with Crippen LogP contribution in [0.2, 0.25) is 0 Å². The molecule has 0 aliphatic carbocycles. The average Bonchev–Trinajstić information content (AvgIpc) is 2.66. The number of halogens is 3. The molecule has 0 spiro atoms. The number of alkyl halides is 3. The van der Waals surface area contributed by atoms with Gasteiger partial charge in [-0.05, 0) is 51.5 Å². The van der Waals surface area contributed by atoms with Crippen LogP contribution < -0.4 is 10.6 Å². The van der Waals surface area contributed by atoms with Crippen molar-refractivity contribution >= 4 is 27.9 Å². The Bertz CT molecular complexity index is 839. The summed E-state index contributed by atoms with van der Waals surface area (Å²) in [5.41, 5.74) is -0.199. The highest BCUT2D eigenvalue weighted by molar-refractivity contribution is 6.01. The third kappa shape index (κ3) is 4.58. The minimum absolute atomic E-state index is 0.115. The van der Waals surface area contributed by atoms with Gasteiger partial charge in [-0.25, -0.2) is 4.98 Å². The minimum atomic E-state index is -4.53. The van der Waals surface area contributed by atoms with Crippen LogP contribution in [0.5, 0.6) is 0 Å². The number of anilines is 2. The zero-order chi connectivity index (χ0) is 20.3. The van der Waals surface area contributed by atoms with Gasteiger partial charge in [-0.1, -0.05) is 25.6 Å². The van der Waals surface area contributed by atoms with Crippen molar-refractivity contribution in [2.75, 3.05) is 37.3 Å². The van der Waals surface area contributed by atoms with Crippen molar-refractivity contribution in [3.63, 3.8) is 0 Å². The van der Waals surface area contributed by atoms with Gasteiger partial charge in [0, 0.05) is 29.0 Å². The fourth-order valence-corrected chi connectivity index (χ4v) is 3.48. The van der Waals surface area contributed by atoms with Crippen LogP contribution in [0.15, 0.2) is 30.8 Å². The molecular formula is C21H27F3N4. The van der Waals surface area contributed by atoms with E-state index in [4.69, 9.17) is 0 Å². The standard InChI is InChI=1S/C21H27F3N4/c1-4-10-25-19-13-17-16(20(27-19)14(2)21(22,23)24)6-5-7-18(17)26-15-8-11-28(3)12-9-15/h5-7,13,15,26H,2,4,8-12H2,1,3H3,(H,25,27). The van der Waals surface area contributed by atoms with E-state index in [0.717, 1.165) is 43.4 Å². The molecule has 3 rings (SSSR count). The predicted octanol–water partition coefficient (Wildman–Crippen LogP) is 5.14. The van der Waals surface area contributed by atoms with Crippen LogP contribution >= 0.6 is 0 Å². The number of aromatic nitrogens is 1. The number of benzene rings is 1. The second-order valence-electron chi connectivity index (χ2n) is 7.38. The first-order valence-electron chi connectivity index (χ1n) is 9.68. The van der Waals surface area contributed by atoms with Crippen molar-refractivity contribution < 1.29 is 13.2 Å². The molecule has 0 amide bonds. The highest BCUT2D eigenvalue weighted by Gasteiger charge is 2.35. The first-order valence-corrected chi connectivity index (χ1v) is 9.68. The zero-order valence-corrected chi connectivity index (χ0v) is 16.4. The summed E-state index contributed by atoms with van der Waals surface area (Å²) < 4.78 is 40.1. The lowest BCUT2D eigenvalue weighted by Gasteiger charge is -2.30. The Labute approximate surface area is 163 Å². The molecule has 1 aliphatic heterocycles. The van der Waals surface area contributed by atoms with Crippen molar-refractivity contribution in [2.24, 2.45) is 0 Å². The molecule has 0 atom stereocenters. The number of hydrogen-bond donors (Lipinski definition) is 2. The first kappa shape index (κ1) is 20.5. The lowest BCUT2D eigenvalue weighted by molar-refractivity contribution is -0.0688. The summed E-state index contributed by atoms with van der Waals surface area (Å²) in [6.07, 6.45) is -1.67. The SMILES string of the molecule is C=C(c1nc(NCCC)cc2c(NC3CCN(C)CC3)cccc12)C(F)(F)F. The number of pyridine rings is 1. The van der Waals surface area contributed by atoms with Crippen molar-refractivity contribution in [3.8, 4) is 0 Å². The number of piperidine rings is 1. The Kier molecular flexibility index (Phi) is 6.13. The highest BCUT2D eigenvalue weighted by Crippen LogP contribution is 2.38. The van der Waals surface area contributed by atoms with E-state index in [1.807, 2.05) is 19.1 Å². The van der Waals surface area contributed by atoms with Crippen LogP contribution in [0.4, 0.5) is 24.7 Å². The molecule has 2 N–H and O–H groups in total. The molecule has 0 radical (unpaired) electrons. The van der Waals surface area contributed by atoms with Crippen LogP contribution in [0, 0.1) is 0 Å². The molecule has 1 aliphatic rings. The summed E-state index contributed by atoms with van der Waals surface area (Å²) in [6.45, 7) is 7.92. The third-order valence-electron chi connectivity index (χ3n) is 5.14. The van der Waals surface area contributed by atoms with Gasteiger partial charge in [0.15, 0.2) is 0 Å². The molecule has 2 heterocycles. The van der Waals surface area contributed by atoms with Gasteiger partial charge in [-0.3, -0.25) is 0 Å². The summed E-state index contributed by atoms with van der Waals surface area (Å²) in [6, 6.07) is 7.50. The molecule has 0 unspecified atom stereocenters. The quantitative estimate of drug-likeness (QED) is 0.714. The number of nitrogens with one attached hydrogen (secondary N) is 2. The summed E-state index contributed by atoms with van der Waals surface area (Å²) in [5, 5.41) is 7.85. The Morgan fingerprint density at radius 1 is 1.25 bits per heavy atom. The number of rotatable bonds is 6. The number of likely N-dealkylation sites (tertiary alicyclic amines) is 1. The average molecular weight is 392 g/mol. The molecule has 0 saturated carbocycles. The van der Waals surface area contributed by atoms with E-state index in [0.29, 0.717) is 23.8 Å². The van der Waals surface area contributed by atoms with Crippen molar-refractivity contribution in [2.45, 2.75) is 38.4 Å². The molecule has 4 nitrogen and oxygen atoms in total.